The average molecular weight is 222 g/mol. The van der Waals surface area contributed by atoms with E-state index < -0.39 is 0 Å². The average Bonchev–Trinajstić information content (AvgIpc) is 2.77. The summed E-state index contributed by atoms with van der Waals surface area (Å²) in [6, 6.07) is 0. The highest BCUT2D eigenvalue weighted by atomic mass is 32.1. The molecule has 7 heteroatoms. The predicted molar refractivity (Wildman–Crippen MR) is 58.1 cm³/mol. The molecular formula is C8H10N6S. The second-order valence-corrected chi connectivity index (χ2v) is 4.10. The molecule has 2 aromatic rings. The number of fused-ring (bicyclic) bond motifs is 1. The van der Waals surface area contributed by atoms with Crippen LogP contribution in [0.25, 0.3) is 10.3 Å². The Hall–Kier alpha value is -1.34. The van der Waals surface area contributed by atoms with Crippen molar-refractivity contribution in [3.8, 4) is 0 Å². The minimum atomic E-state index is 0.777. The maximum atomic E-state index is 4.44. The Bertz CT molecular complexity index is 463. The van der Waals surface area contributed by atoms with Crippen molar-refractivity contribution >= 4 is 27.8 Å². The zero-order valence-corrected chi connectivity index (χ0v) is 8.87. The molecule has 0 amide bonds. The summed E-state index contributed by atoms with van der Waals surface area (Å²) in [6.45, 7) is 3.89. The van der Waals surface area contributed by atoms with Crippen molar-refractivity contribution in [2.24, 2.45) is 0 Å². The Kier molecular flexibility index (Phi) is 2.18. The molecule has 1 aliphatic rings. The topological polar surface area (TPSA) is 66.8 Å². The molecule has 0 atom stereocenters. The summed E-state index contributed by atoms with van der Waals surface area (Å²) < 4.78 is 3.85. The van der Waals surface area contributed by atoms with E-state index in [-0.39, 0.29) is 0 Å². The Morgan fingerprint density at radius 3 is 3.07 bits per heavy atom. The molecule has 1 aliphatic heterocycles. The zero-order chi connectivity index (χ0) is 10.1. The number of nitrogens with zero attached hydrogens (tertiary/aromatic N) is 5. The lowest BCUT2D eigenvalue weighted by atomic mass is 10.4. The van der Waals surface area contributed by atoms with E-state index in [1.807, 2.05) is 0 Å². The second-order valence-electron chi connectivity index (χ2n) is 3.37. The van der Waals surface area contributed by atoms with Gasteiger partial charge in [-0.3, -0.25) is 0 Å². The van der Waals surface area contributed by atoms with Gasteiger partial charge in [0.05, 0.1) is 6.20 Å². The lowest BCUT2D eigenvalue weighted by Crippen LogP contribution is -2.44. The van der Waals surface area contributed by atoms with E-state index in [0.717, 1.165) is 42.5 Å². The molecule has 1 N–H and O–H groups in total. The Labute approximate surface area is 90.5 Å². The fourth-order valence-corrected chi connectivity index (χ4v) is 2.12. The van der Waals surface area contributed by atoms with Crippen molar-refractivity contribution in [2.45, 2.75) is 0 Å². The highest BCUT2D eigenvalue weighted by molar-refractivity contribution is 7.12. The van der Waals surface area contributed by atoms with Gasteiger partial charge in [-0.05, 0) is 0 Å². The summed E-state index contributed by atoms with van der Waals surface area (Å²) in [5.41, 5.74) is 0.777. The Morgan fingerprint density at radius 2 is 2.20 bits per heavy atom. The molecule has 78 valence electrons. The van der Waals surface area contributed by atoms with Gasteiger partial charge in [0.2, 0.25) is 5.95 Å². The minimum Gasteiger partial charge on any atom is -0.338 e. The Balaban J connectivity index is 1.95. The van der Waals surface area contributed by atoms with Crippen molar-refractivity contribution in [1.82, 2.24) is 24.9 Å². The van der Waals surface area contributed by atoms with E-state index in [4.69, 9.17) is 0 Å². The van der Waals surface area contributed by atoms with Crippen LogP contribution in [0.4, 0.5) is 5.95 Å². The van der Waals surface area contributed by atoms with Crippen LogP contribution >= 0.6 is 11.5 Å². The van der Waals surface area contributed by atoms with Crippen molar-refractivity contribution in [3.63, 3.8) is 0 Å². The summed E-state index contributed by atoms with van der Waals surface area (Å²) in [7, 11) is 0. The van der Waals surface area contributed by atoms with Crippen molar-refractivity contribution in [2.75, 3.05) is 31.1 Å². The molecule has 0 aliphatic carbocycles. The first-order valence-corrected chi connectivity index (χ1v) is 5.61. The highest BCUT2D eigenvalue weighted by Crippen LogP contribution is 2.15. The van der Waals surface area contributed by atoms with Crippen molar-refractivity contribution in [3.05, 3.63) is 6.20 Å². The van der Waals surface area contributed by atoms with Crippen LogP contribution < -0.4 is 10.2 Å². The molecular weight excluding hydrogens is 212 g/mol. The van der Waals surface area contributed by atoms with Crippen LogP contribution in [-0.2, 0) is 0 Å². The van der Waals surface area contributed by atoms with Gasteiger partial charge in [-0.1, -0.05) is 4.49 Å². The van der Waals surface area contributed by atoms with Gasteiger partial charge in [-0.15, -0.1) is 5.10 Å². The summed E-state index contributed by atoms with van der Waals surface area (Å²) in [5.74, 6) is 0.787. The largest absolute Gasteiger partial charge is 0.338 e. The number of hydrogen-bond acceptors (Lipinski definition) is 7. The molecule has 1 saturated heterocycles. The van der Waals surface area contributed by atoms with Gasteiger partial charge in [0.25, 0.3) is 0 Å². The third kappa shape index (κ3) is 1.64. The normalized spacial score (nSPS) is 17.2. The van der Waals surface area contributed by atoms with Crippen LogP contribution in [0.15, 0.2) is 6.20 Å². The molecule has 0 radical (unpaired) electrons. The number of aromatic nitrogens is 4. The molecule has 0 saturated carbocycles. The maximum absolute atomic E-state index is 4.44. The molecule has 0 unspecified atom stereocenters. The maximum Gasteiger partial charge on any atom is 0.226 e. The zero-order valence-electron chi connectivity index (χ0n) is 8.05. The van der Waals surface area contributed by atoms with E-state index in [0.29, 0.717) is 0 Å². The van der Waals surface area contributed by atoms with Crippen molar-refractivity contribution < 1.29 is 0 Å². The third-order valence-electron chi connectivity index (χ3n) is 2.40. The van der Waals surface area contributed by atoms with Crippen LogP contribution in [0.5, 0.6) is 0 Å². The smallest absolute Gasteiger partial charge is 0.226 e. The van der Waals surface area contributed by atoms with E-state index in [9.17, 15) is 0 Å². The van der Waals surface area contributed by atoms with E-state index >= 15 is 0 Å². The first kappa shape index (κ1) is 8.93. The fourth-order valence-electron chi connectivity index (χ4n) is 1.61. The number of piperazine rings is 1. The fraction of sp³-hybridized carbons (Fsp3) is 0.500. The molecule has 3 heterocycles. The highest BCUT2D eigenvalue weighted by Gasteiger charge is 2.13. The van der Waals surface area contributed by atoms with E-state index in [1.165, 1.54) is 11.5 Å². The quantitative estimate of drug-likeness (QED) is 0.726. The SMILES string of the molecule is c1nc(N2CCNCC2)nc2snnc12. The number of anilines is 1. The van der Waals surface area contributed by atoms with Crippen LogP contribution in [0.2, 0.25) is 0 Å². The Morgan fingerprint density at radius 1 is 1.33 bits per heavy atom. The van der Waals surface area contributed by atoms with Gasteiger partial charge >= 0.3 is 0 Å². The lowest BCUT2D eigenvalue weighted by Gasteiger charge is -2.26. The van der Waals surface area contributed by atoms with E-state index in [2.05, 4.69) is 29.8 Å². The molecule has 15 heavy (non-hydrogen) atoms. The summed E-state index contributed by atoms with van der Waals surface area (Å²) in [4.78, 5) is 11.8. The first-order chi connectivity index (χ1) is 7.43. The molecule has 0 aromatic carbocycles. The monoisotopic (exact) mass is 222 g/mol. The second kappa shape index (κ2) is 3.67. The van der Waals surface area contributed by atoms with E-state index in [1.54, 1.807) is 6.20 Å². The summed E-state index contributed by atoms with van der Waals surface area (Å²) >= 11 is 1.31. The van der Waals surface area contributed by atoms with Crippen LogP contribution in [0.3, 0.4) is 0 Å². The lowest BCUT2D eigenvalue weighted by molar-refractivity contribution is 0.580. The first-order valence-electron chi connectivity index (χ1n) is 4.84. The molecule has 2 aromatic heterocycles. The van der Waals surface area contributed by atoms with Gasteiger partial charge < -0.3 is 10.2 Å². The number of hydrogen-bond donors (Lipinski definition) is 1. The van der Waals surface area contributed by atoms with Gasteiger partial charge in [0.15, 0.2) is 4.83 Å². The summed E-state index contributed by atoms with van der Waals surface area (Å²) in [6.07, 6.45) is 1.74. The predicted octanol–water partition coefficient (Wildman–Crippen LogP) is -0.109. The molecule has 3 rings (SSSR count). The standard InChI is InChI=1S/C8H10N6S/c1-3-14(4-2-9-1)8-10-5-6-7(11-8)15-13-12-6/h5,9H,1-4H2. The molecule has 6 nitrogen and oxygen atoms in total. The third-order valence-corrected chi connectivity index (χ3v) is 3.04. The minimum absolute atomic E-state index is 0.777. The van der Waals surface area contributed by atoms with Gasteiger partial charge in [-0.25, -0.2) is 4.98 Å². The summed E-state index contributed by atoms with van der Waals surface area (Å²) in [5, 5.41) is 7.21. The molecule has 0 bridgehead atoms. The van der Waals surface area contributed by atoms with Crippen LogP contribution in [0.1, 0.15) is 0 Å². The molecule has 0 spiro atoms. The number of rotatable bonds is 1. The number of nitrogens with one attached hydrogen (secondary N) is 1. The van der Waals surface area contributed by atoms with Crippen LogP contribution in [-0.4, -0.2) is 45.7 Å². The van der Waals surface area contributed by atoms with Crippen LogP contribution in [0, 0.1) is 0 Å². The van der Waals surface area contributed by atoms with Gasteiger partial charge in [-0.2, -0.15) is 4.98 Å². The van der Waals surface area contributed by atoms with Gasteiger partial charge in [0.1, 0.15) is 5.52 Å². The van der Waals surface area contributed by atoms with Gasteiger partial charge in [0, 0.05) is 37.7 Å². The van der Waals surface area contributed by atoms with Crippen molar-refractivity contribution in [1.29, 1.82) is 0 Å². The molecule has 1 fully saturated rings.